The third kappa shape index (κ3) is 1.63. The Kier molecular flexibility index (Phi) is 2.49. The molecule has 1 aromatic rings. The van der Waals surface area contributed by atoms with Crippen LogP contribution in [0.5, 0.6) is 0 Å². The number of anilines is 1. The molecule has 0 saturated heterocycles. The smallest absolute Gasteiger partial charge is 0.0398 e. The highest BCUT2D eigenvalue weighted by Gasteiger charge is 2.21. The van der Waals surface area contributed by atoms with Crippen LogP contribution in [0.3, 0.4) is 0 Å². The first kappa shape index (κ1) is 9.57. The third-order valence-electron chi connectivity index (χ3n) is 3.22. The quantitative estimate of drug-likeness (QED) is 0.605. The molecule has 1 aliphatic heterocycles. The number of rotatable bonds is 0. The molecule has 0 N–H and O–H groups in total. The van der Waals surface area contributed by atoms with Crippen molar-refractivity contribution >= 4 is 5.69 Å². The lowest BCUT2D eigenvalue weighted by atomic mass is 9.92. The van der Waals surface area contributed by atoms with Crippen molar-refractivity contribution < 1.29 is 0 Å². The Morgan fingerprint density at radius 2 is 1.93 bits per heavy atom. The highest BCUT2D eigenvalue weighted by Crippen LogP contribution is 2.34. The van der Waals surface area contributed by atoms with Gasteiger partial charge in [0.05, 0.1) is 0 Å². The molecule has 0 saturated carbocycles. The fourth-order valence-corrected chi connectivity index (χ4v) is 2.62. The maximum atomic E-state index is 2.39. The molecule has 1 heterocycles. The standard InChI is InChI=1S/C13H19N/c1-10-8-11(2)12-6-4-5-7-13(12)14(3)9-10/h4-7,10-11H,8-9H2,1-3H3/t10-,11-/m0/s1. The van der Waals surface area contributed by atoms with Gasteiger partial charge in [-0.1, -0.05) is 32.0 Å². The molecule has 0 fully saturated rings. The SMILES string of the molecule is C[C@H]1C[C@H](C)c2ccccc2N(C)C1. The van der Waals surface area contributed by atoms with Gasteiger partial charge in [-0.2, -0.15) is 0 Å². The van der Waals surface area contributed by atoms with Gasteiger partial charge in [-0.15, -0.1) is 0 Å². The van der Waals surface area contributed by atoms with Gasteiger partial charge < -0.3 is 4.90 Å². The first-order valence-electron chi connectivity index (χ1n) is 5.48. The Morgan fingerprint density at radius 1 is 1.21 bits per heavy atom. The van der Waals surface area contributed by atoms with E-state index in [0.29, 0.717) is 5.92 Å². The van der Waals surface area contributed by atoms with Gasteiger partial charge in [0.2, 0.25) is 0 Å². The van der Waals surface area contributed by atoms with E-state index in [4.69, 9.17) is 0 Å². The van der Waals surface area contributed by atoms with Gasteiger partial charge >= 0.3 is 0 Å². The van der Waals surface area contributed by atoms with Gasteiger partial charge in [-0.3, -0.25) is 0 Å². The van der Waals surface area contributed by atoms with Gasteiger partial charge in [-0.25, -0.2) is 0 Å². The van der Waals surface area contributed by atoms with Crippen LogP contribution in [0.2, 0.25) is 0 Å². The molecule has 76 valence electrons. The van der Waals surface area contributed by atoms with Crippen LogP contribution >= 0.6 is 0 Å². The van der Waals surface area contributed by atoms with Crippen molar-refractivity contribution in [2.75, 3.05) is 18.5 Å². The number of hydrogen-bond donors (Lipinski definition) is 0. The summed E-state index contributed by atoms with van der Waals surface area (Å²) < 4.78 is 0. The molecule has 1 nitrogen and oxygen atoms in total. The van der Waals surface area contributed by atoms with E-state index in [1.165, 1.54) is 24.2 Å². The van der Waals surface area contributed by atoms with Crippen LogP contribution in [-0.4, -0.2) is 13.6 Å². The molecular weight excluding hydrogens is 170 g/mol. The summed E-state index contributed by atoms with van der Waals surface area (Å²) in [6, 6.07) is 8.80. The van der Waals surface area contributed by atoms with E-state index in [9.17, 15) is 0 Å². The molecular formula is C13H19N. The summed E-state index contributed by atoms with van der Waals surface area (Å²) in [6.45, 7) is 5.87. The minimum absolute atomic E-state index is 0.700. The van der Waals surface area contributed by atoms with E-state index >= 15 is 0 Å². The van der Waals surface area contributed by atoms with Crippen molar-refractivity contribution in [3.63, 3.8) is 0 Å². The number of benzene rings is 1. The summed E-state index contributed by atoms with van der Waals surface area (Å²) >= 11 is 0. The lowest BCUT2D eigenvalue weighted by Crippen LogP contribution is -2.22. The monoisotopic (exact) mass is 189 g/mol. The lowest BCUT2D eigenvalue weighted by molar-refractivity contribution is 0.502. The number of nitrogens with zero attached hydrogens (tertiary/aromatic N) is 1. The highest BCUT2D eigenvalue weighted by atomic mass is 15.1. The van der Waals surface area contributed by atoms with Gasteiger partial charge in [0.15, 0.2) is 0 Å². The van der Waals surface area contributed by atoms with Gasteiger partial charge in [0.25, 0.3) is 0 Å². The van der Waals surface area contributed by atoms with Crippen molar-refractivity contribution in [2.45, 2.75) is 26.2 Å². The molecule has 2 rings (SSSR count). The summed E-state index contributed by atoms with van der Waals surface area (Å²) in [5.74, 6) is 1.49. The predicted octanol–water partition coefficient (Wildman–Crippen LogP) is 3.27. The number of fused-ring (bicyclic) bond motifs is 1. The Balaban J connectivity index is 2.42. The van der Waals surface area contributed by atoms with Gasteiger partial charge in [0.1, 0.15) is 0 Å². The molecule has 0 unspecified atom stereocenters. The zero-order valence-corrected chi connectivity index (χ0v) is 9.33. The van der Waals surface area contributed by atoms with Crippen LogP contribution in [0.1, 0.15) is 31.7 Å². The summed E-state index contributed by atoms with van der Waals surface area (Å²) in [4.78, 5) is 2.39. The van der Waals surface area contributed by atoms with E-state index in [0.717, 1.165) is 5.92 Å². The van der Waals surface area contributed by atoms with Crippen LogP contribution in [0, 0.1) is 5.92 Å². The second-order valence-corrected chi connectivity index (χ2v) is 4.68. The Labute approximate surface area is 86.7 Å². The van der Waals surface area contributed by atoms with Crippen molar-refractivity contribution in [1.82, 2.24) is 0 Å². The van der Waals surface area contributed by atoms with E-state index in [1.807, 2.05) is 0 Å². The van der Waals surface area contributed by atoms with Crippen molar-refractivity contribution in [3.8, 4) is 0 Å². The van der Waals surface area contributed by atoms with E-state index < -0.39 is 0 Å². The van der Waals surface area contributed by atoms with Crippen molar-refractivity contribution in [1.29, 1.82) is 0 Å². The number of para-hydroxylation sites is 1. The van der Waals surface area contributed by atoms with Crippen molar-refractivity contribution in [2.24, 2.45) is 5.92 Å². The third-order valence-corrected chi connectivity index (χ3v) is 3.22. The minimum Gasteiger partial charge on any atom is -0.374 e. The fraction of sp³-hybridized carbons (Fsp3) is 0.538. The summed E-state index contributed by atoms with van der Waals surface area (Å²) in [7, 11) is 2.20. The predicted molar refractivity (Wildman–Crippen MR) is 61.9 cm³/mol. The first-order valence-corrected chi connectivity index (χ1v) is 5.48. The van der Waals surface area contributed by atoms with Crippen LogP contribution in [0.4, 0.5) is 5.69 Å². The normalized spacial score (nSPS) is 26.9. The average Bonchev–Trinajstić information content (AvgIpc) is 2.26. The molecule has 0 amide bonds. The zero-order chi connectivity index (χ0) is 10.1. The second kappa shape index (κ2) is 3.64. The Bertz CT molecular complexity index is 288. The molecule has 1 heteroatoms. The fourth-order valence-electron chi connectivity index (χ4n) is 2.62. The molecule has 2 atom stereocenters. The zero-order valence-electron chi connectivity index (χ0n) is 9.33. The molecule has 0 bridgehead atoms. The molecule has 14 heavy (non-hydrogen) atoms. The molecule has 1 aromatic carbocycles. The molecule has 0 aliphatic carbocycles. The van der Waals surface area contributed by atoms with Crippen LogP contribution < -0.4 is 4.90 Å². The Morgan fingerprint density at radius 3 is 2.71 bits per heavy atom. The highest BCUT2D eigenvalue weighted by molar-refractivity contribution is 5.55. The average molecular weight is 189 g/mol. The second-order valence-electron chi connectivity index (χ2n) is 4.68. The van der Waals surface area contributed by atoms with Crippen LogP contribution in [-0.2, 0) is 0 Å². The lowest BCUT2D eigenvalue weighted by Gasteiger charge is -2.21. The van der Waals surface area contributed by atoms with Gasteiger partial charge in [-0.05, 0) is 29.9 Å². The molecule has 0 radical (unpaired) electrons. The van der Waals surface area contributed by atoms with E-state index in [-0.39, 0.29) is 0 Å². The maximum Gasteiger partial charge on any atom is 0.0398 e. The first-order chi connectivity index (χ1) is 6.68. The van der Waals surface area contributed by atoms with E-state index in [2.05, 4.69) is 50.1 Å². The Hall–Kier alpha value is -0.980. The molecule has 0 spiro atoms. The van der Waals surface area contributed by atoms with Gasteiger partial charge in [0, 0.05) is 19.3 Å². The summed E-state index contributed by atoms with van der Waals surface area (Å²) in [6.07, 6.45) is 1.31. The van der Waals surface area contributed by atoms with Crippen molar-refractivity contribution in [3.05, 3.63) is 29.8 Å². The summed E-state index contributed by atoms with van der Waals surface area (Å²) in [5, 5.41) is 0. The molecule has 0 aromatic heterocycles. The van der Waals surface area contributed by atoms with Crippen LogP contribution in [0.15, 0.2) is 24.3 Å². The molecule has 1 aliphatic rings. The van der Waals surface area contributed by atoms with E-state index in [1.54, 1.807) is 0 Å². The summed E-state index contributed by atoms with van der Waals surface area (Å²) in [5.41, 5.74) is 2.93. The maximum absolute atomic E-state index is 2.39. The number of hydrogen-bond acceptors (Lipinski definition) is 1. The minimum atomic E-state index is 0.700. The largest absolute Gasteiger partial charge is 0.374 e. The van der Waals surface area contributed by atoms with Crippen LogP contribution in [0.25, 0.3) is 0 Å². The topological polar surface area (TPSA) is 3.24 Å².